The maximum absolute atomic E-state index is 12.6. The van der Waals surface area contributed by atoms with Gasteiger partial charge in [-0.05, 0) is 23.3 Å². The lowest BCUT2D eigenvalue weighted by atomic mass is 10.1. The van der Waals surface area contributed by atoms with E-state index in [-0.39, 0.29) is 17.0 Å². The van der Waals surface area contributed by atoms with Crippen LogP contribution < -0.4 is 9.47 Å². The Morgan fingerprint density at radius 2 is 1.80 bits per heavy atom. The number of thioether (sulfide) groups is 1. The van der Waals surface area contributed by atoms with Crippen LogP contribution in [0.1, 0.15) is 22.9 Å². The Balaban J connectivity index is 1.96. The van der Waals surface area contributed by atoms with Crippen LogP contribution in [-0.4, -0.2) is 35.9 Å². The molecule has 1 unspecified atom stereocenters. The highest BCUT2D eigenvalue weighted by Gasteiger charge is 2.31. The van der Waals surface area contributed by atoms with E-state index in [1.165, 1.54) is 14.2 Å². The van der Waals surface area contributed by atoms with Crippen LogP contribution in [0.2, 0.25) is 0 Å². The topological polar surface area (TPSA) is 59.0 Å². The van der Waals surface area contributed by atoms with Crippen molar-refractivity contribution >= 4 is 17.7 Å². The van der Waals surface area contributed by atoms with E-state index >= 15 is 0 Å². The molecule has 25 heavy (non-hydrogen) atoms. The first-order valence-electron chi connectivity index (χ1n) is 8.04. The van der Waals surface area contributed by atoms with Crippen molar-refractivity contribution in [3.05, 3.63) is 53.6 Å². The summed E-state index contributed by atoms with van der Waals surface area (Å²) in [5.74, 6) is 1.54. The summed E-state index contributed by atoms with van der Waals surface area (Å²) in [6.45, 7) is 0.544. The maximum atomic E-state index is 12.6. The van der Waals surface area contributed by atoms with E-state index < -0.39 is 0 Å². The van der Waals surface area contributed by atoms with Crippen molar-refractivity contribution < 1.29 is 19.4 Å². The van der Waals surface area contributed by atoms with Gasteiger partial charge in [0.2, 0.25) is 11.7 Å². The minimum atomic E-state index is -0.148. The lowest BCUT2D eigenvalue weighted by Gasteiger charge is -2.36. The molecule has 3 rings (SSSR count). The Bertz CT molecular complexity index is 725. The van der Waals surface area contributed by atoms with Crippen LogP contribution in [0.5, 0.6) is 17.2 Å². The van der Waals surface area contributed by atoms with E-state index in [1.807, 2.05) is 35.2 Å². The SMILES string of the molecule is COc1cc(C2SCCC(=O)N2Cc2ccccc2)cc(OC)c1O. The van der Waals surface area contributed by atoms with Crippen molar-refractivity contribution in [3.8, 4) is 17.2 Å². The second-order valence-electron chi connectivity index (χ2n) is 5.75. The molecule has 0 aliphatic carbocycles. The molecular weight excluding hydrogens is 338 g/mol. The van der Waals surface area contributed by atoms with Gasteiger partial charge in [0, 0.05) is 18.7 Å². The fourth-order valence-corrected chi connectivity index (χ4v) is 4.12. The van der Waals surface area contributed by atoms with Gasteiger partial charge >= 0.3 is 0 Å². The van der Waals surface area contributed by atoms with Gasteiger partial charge < -0.3 is 19.5 Å². The highest BCUT2D eigenvalue weighted by Crippen LogP contribution is 2.44. The number of methoxy groups -OCH3 is 2. The Labute approximate surface area is 151 Å². The first-order valence-corrected chi connectivity index (χ1v) is 9.08. The summed E-state index contributed by atoms with van der Waals surface area (Å²) in [7, 11) is 3.00. The monoisotopic (exact) mass is 359 g/mol. The molecule has 1 atom stereocenters. The van der Waals surface area contributed by atoms with Gasteiger partial charge in [-0.15, -0.1) is 11.8 Å². The summed E-state index contributed by atoms with van der Waals surface area (Å²) < 4.78 is 10.5. The summed E-state index contributed by atoms with van der Waals surface area (Å²) in [4.78, 5) is 14.4. The zero-order valence-electron chi connectivity index (χ0n) is 14.3. The molecule has 2 aromatic carbocycles. The fourth-order valence-electron chi connectivity index (χ4n) is 2.91. The molecule has 1 saturated heterocycles. The van der Waals surface area contributed by atoms with Gasteiger partial charge in [0.1, 0.15) is 5.37 Å². The number of amides is 1. The summed E-state index contributed by atoms with van der Waals surface area (Å²) in [6, 6.07) is 13.5. The van der Waals surface area contributed by atoms with E-state index in [1.54, 1.807) is 23.9 Å². The number of carbonyl (C=O) groups is 1. The van der Waals surface area contributed by atoms with Crippen molar-refractivity contribution in [3.63, 3.8) is 0 Å². The predicted molar refractivity (Wildman–Crippen MR) is 98.0 cm³/mol. The van der Waals surface area contributed by atoms with Gasteiger partial charge in [0.25, 0.3) is 0 Å². The first-order chi connectivity index (χ1) is 12.1. The number of ether oxygens (including phenoxy) is 2. The number of aromatic hydroxyl groups is 1. The molecule has 0 bridgehead atoms. The van der Waals surface area contributed by atoms with Crippen molar-refractivity contribution in [1.82, 2.24) is 4.90 Å². The van der Waals surface area contributed by atoms with Crippen molar-refractivity contribution in [1.29, 1.82) is 0 Å². The van der Waals surface area contributed by atoms with Gasteiger partial charge in [-0.3, -0.25) is 4.79 Å². The molecule has 132 valence electrons. The summed E-state index contributed by atoms with van der Waals surface area (Å²) in [5.41, 5.74) is 1.96. The van der Waals surface area contributed by atoms with Crippen molar-refractivity contribution in [2.45, 2.75) is 18.3 Å². The number of hydrogen-bond acceptors (Lipinski definition) is 5. The smallest absolute Gasteiger partial charge is 0.224 e. The largest absolute Gasteiger partial charge is 0.502 e. The van der Waals surface area contributed by atoms with E-state index in [0.29, 0.717) is 24.5 Å². The molecule has 2 aromatic rings. The second kappa shape index (κ2) is 7.70. The number of hydrogen-bond donors (Lipinski definition) is 1. The molecule has 1 fully saturated rings. The molecule has 1 aliphatic rings. The van der Waals surface area contributed by atoms with Gasteiger partial charge in [-0.25, -0.2) is 0 Å². The maximum Gasteiger partial charge on any atom is 0.224 e. The minimum Gasteiger partial charge on any atom is -0.502 e. The Kier molecular flexibility index (Phi) is 5.38. The third-order valence-corrected chi connectivity index (χ3v) is 5.46. The lowest BCUT2D eigenvalue weighted by molar-refractivity contribution is -0.132. The molecule has 0 spiro atoms. The molecule has 1 N–H and O–H groups in total. The van der Waals surface area contributed by atoms with E-state index in [2.05, 4.69) is 0 Å². The summed E-state index contributed by atoms with van der Waals surface area (Å²) in [5, 5.41) is 9.98. The van der Waals surface area contributed by atoms with E-state index in [0.717, 1.165) is 16.9 Å². The molecule has 0 aromatic heterocycles. The van der Waals surface area contributed by atoms with Crippen LogP contribution >= 0.6 is 11.8 Å². The van der Waals surface area contributed by atoms with E-state index in [9.17, 15) is 9.90 Å². The molecule has 1 amide bonds. The molecule has 6 heteroatoms. The number of benzene rings is 2. The zero-order valence-corrected chi connectivity index (χ0v) is 15.1. The van der Waals surface area contributed by atoms with Crippen LogP contribution in [-0.2, 0) is 11.3 Å². The minimum absolute atomic E-state index is 0.0319. The molecule has 1 heterocycles. The molecule has 0 radical (unpaired) electrons. The van der Waals surface area contributed by atoms with Crippen LogP contribution in [0.4, 0.5) is 0 Å². The van der Waals surface area contributed by atoms with Crippen molar-refractivity contribution in [2.75, 3.05) is 20.0 Å². The highest BCUT2D eigenvalue weighted by molar-refractivity contribution is 7.99. The third-order valence-electron chi connectivity index (χ3n) is 4.18. The molecule has 1 aliphatic heterocycles. The third kappa shape index (κ3) is 3.69. The number of nitrogens with zero attached hydrogens (tertiary/aromatic N) is 1. The fraction of sp³-hybridized carbons (Fsp3) is 0.316. The Morgan fingerprint density at radius 3 is 2.40 bits per heavy atom. The van der Waals surface area contributed by atoms with Crippen LogP contribution in [0.15, 0.2) is 42.5 Å². The lowest BCUT2D eigenvalue weighted by Crippen LogP contribution is -2.36. The van der Waals surface area contributed by atoms with Gasteiger partial charge in [0.15, 0.2) is 11.5 Å². The van der Waals surface area contributed by atoms with Gasteiger partial charge in [-0.2, -0.15) is 0 Å². The Hall–Kier alpha value is -2.34. The first kappa shape index (κ1) is 17.5. The quantitative estimate of drug-likeness (QED) is 0.884. The second-order valence-corrected chi connectivity index (χ2v) is 6.94. The molecule has 0 saturated carbocycles. The van der Waals surface area contributed by atoms with Crippen LogP contribution in [0, 0.1) is 0 Å². The van der Waals surface area contributed by atoms with E-state index in [4.69, 9.17) is 9.47 Å². The predicted octanol–water partition coefficient (Wildman–Crippen LogP) is 3.57. The molecule has 5 nitrogen and oxygen atoms in total. The number of phenolic OH excluding ortho intramolecular Hbond substituents is 1. The number of carbonyl (C=O) groups excluding carboxylic acids is 1. The normalized spacial score (nSPS) is 17.4. The van der Waals surface area contributed by atoms with Crippen LogP contribution in [0.25, 0.3) is 0 Å². The standard InChI is InChI=1S/C19H21NO4S/c1-23-15-10-14(11-16(24-2)18(15)22)19-20(17(21)8-9-25-19)12-13-6-4-3-5-7-13/h3-7,10-11,19,22H,8-9,12H2,1-2H3. The number of rotatable bonds is 5. The van der Waals surface area contributed by atoms with Crippen molar-refractivity contribution in [2.24, 2.45) is 0 Å². The molecular formula is C19H21NO4S. The average Bonchev–Trinajstić information content (AvgIpc) is 2.64. The van der Waals surface area contributed by atoms with Crippen LogP contribution in [0.3, 0.4) is 0 Å². The Morgan fingerprint density at radius 1 is 1.16 bits per heavy atom. The number of phenols is 1. The summed E-state index contributed by atoms with van der Waals surface area (Å²) in [6.07, 6.45) is 0.528. The highest BCUT2D eigenvalue weighted by atomic mass is 32.2. The van der Waals surface area contributed by atoms with Gasteiger partial charge in [0.05, 0.1) is 14.2 Å². The average molecular weight is 359 g/mol. The summed E-state index contributed by atoms with van der Waals surface area (Å²) >= 11 is 1.70. The van der Waals surface area contributed by atoms with Gasteiger partial charge in [-0.1, -0.05) is 30.3 Å². The zero-order chi connectivity index (χ0) is 17.8.